The van der Waals surface area contributed by atoms with E-state index in [1.54, 1.807) is 0 Å². The van der Waals surface area contributed by atoms with Crippen molar-refractivity contribution in [2.24, 2.45) is 12.8 Å². The van der Waals surface area contributed by atoms with Crippen LogP contribution in [0, 0.1) is 0 Å². The third-order valence-electron chi connectivity index (χ3n) is 3.19. The van der Waals surface area contributed by atoms with Crippen molar-refractivity contribution in [3.8, 4) is 0 Å². The lowest BCUT2D eigenvalue weighted by Crippen LogP contribution is -2.04. The predicted molar refractivity (Wildman–Crippen MR) is 72.1 cm³/mol. The smallest absolute Gasteiger partial charge is 0.0821 e. The largest absolute Gasteiger partial charge is 0.341 e. The first-order chi connectivity index (χ1) is 8.78. The normalized spacial score (nSPS) is 11.2. The Morgan fingerprint density at radius 2 is 2.06 bits per heavy atom. The van der Waals surface area contributed by atoms with Crippen molar-refractivity contribution in [1.29, 1.82) is 0 Å². The van der Waals surface area contributed by atoms with Crippen molar-refractivity contribution in [2.75, 3.05) is 0 Å². The van der Waals surface area contributed by atoms with E-state index in [0.717, 1.165) is 12.2 Å². The molecule has 0 saturated heterocycles. The van der Waals surface area contributed by atoms with E-state index >= 15 is 0 Å². The Labute approximate surface area is 106 Å². The molecule has 2 aromatic heterocycles. The minimum atomic E-state index is 0.559. The molecule has 3 rings (SSSR count). The third kappa shape index (κ3) is 1.80. The van der Waals surface area contributed by atoms with Crippen molar-refractivity contribution in [3.05, 3.63) is 54.0 Å². The van der Waals surface area contributed by atoms with Crippen molar-refractivity contribution in [1.82, 2.24) is 14.3 Å². The Hall–Kier alpha value is -2.07. The maximum absolute atomic E-state index is 5.81. The molecule has 4 nitrogen and oxygen atoms in total. The topological polar surface area (TPSA) is 48.8 Å². The van der Waals surface area contributed by atoms with Gasteiger partial charge >= 0.3 is 0 Å². The van der Waals surface area contributed by atoms with Gasteiger partial charge < -0.3 is 10.3 Å². The van der Waals surface area contributed by atoms with E-state index in [9.17, 15) is 0 Å². The first kappa shape index (κ1) is 11.0. The number of hydrogen-bond acceptors (Lipinski definition) is 2. The van der Waals surface area contributed by atoms with Gasteiger partial charge in [0.25, 0.3) is 0 Å². The van der Waals surface area contributed by atoms with E-state index in [0.29, 0.717) is 6.54 Å². The zero-order chi connectivity index (χ0) is 12.5. The molecule has 0 aliphatic rings. The third-order valence-corrected chi connectivity index (χ3v) is 3.19. The lowest BCUT2D eigenvalue weighted by atomic mass is 10.1. The van der Waals surface area contributed by atoms with Gasteiger partial charge in [-0.15, -0.1) is 0 Å². The molecular formula is C14H16N4. The fourth-order valence-corrected chi connectivity index (χ4v) is 2.36. The molecule has 4 heteroatoms. The summed E-state index contributed by atoms with van der Waals surface area (Å²) in [4.78, 5) is 0. The van der Waals surface area contributed by atoms with Crippen LogP contribution in [0.1, 0.15) is 11.3 Å². The summed E-state index contributed by atoms with van der Waals surface area (Å²) in [5.74, 6) is 0. The highest BCUT2D eigenvalue weighted by atomic mass is 15.3. The summed E-state index contributed by atoms with van der Waals surface area (Å²) in [5.41, 5.74) is 9.25. The van der Waals surface area contributed by atoms with Crippen LogP contribution < -0.4 is 5.73 Å². The molecule has 0 unspecified atom stereocenters. The van der Waals surface area contributed by atoms with Gasteiger partial charge in [-0.1, -0.05) is 18.2 Å². The Kier molecular flexibility index (Phi) is 2.64. The summed E-state index contributed by atoms with van der Waals surface area (Å²) >= 11 is 0. The molecule has 0 fully saturated rings. The fourth-order valence-electron chi connectivity index (χ4n) is 2.36. The van der Waals surface area contributed by atoms with Gasteiger partial charge in [0, 0.05) is 26.0 Å². The molecule has 92 valence electrons. The molecular weight excluding hydrogens is 224 g/mol. The number of para-hydroxylation sites is 1. The van der Waals surface area contributed by atoms with E-state index in [4.69, 9.17) is 5.73 Å². The van der Waals surface area contributed by atoms with Gasteiger partial charge in [0.05, 0.1) is 17.8 Å². The van der Waals surface area contributed by atoms with E-state index in [2.05, 4.69) is 40.1 Å². The van der Waals surface area contributed by atoms with Gasteiger partial charge in [0.1, 0.15) is 0 Å². The van der Waals surface area contributed by atoms with Crippen molar-refractivity contribution in [2.45, 2.75) is 13.1 Å². The average Bonchev–Trinajstić information content (AvgIpc) is 2.97. The Morgan fingerprint density at radius 1 is 1.17 bits per heavy atom. The van der Waals surface area contributed by atoms with Crippen molar-refractivity contribution >= 4 is 10.9 Å². The van der Waals surface area contributed by atoms with Gasteiger partial charge in [-0.2, -0.15) is 5.10 Å². The highest BCUT2D eigenvalue weighted by Gasteiger charge is 2.07. The molecule has 0 aliphatic carbocycles. The Morgan fingerprint density at radius 3 is 2.78 bits per heavy atom. The number of hydrogen-bond donors (Lipinski definition) is 1. The molecule has 2 heterocycles. The van der Waals surface area contributed by atoms with Crippen LogP contribution in [0.15, 0.2) is 42.7 Å². The van der Waals surface area contributed by atoms with Crippen molar-refractivity contribution in [3.63, 3.8) is 0 Å². The molecule has 0 saturated carbocycles. The Balaban J connectivity index is 2.06. The molecule has 0 radical (unpaired) electrons. The monoisotopic (exact) mass is 240 g/mol. The first-order valence-corrected chi connectivity index (χ1v) is 6.03. The van der Waals surface area contributed by atoms with Crippen LogP contribution in [0.4, 0.5) is 0 Å². The van der Waals surface area contributed by atoms with Gasteiger partial charge in [-0.25, -0.2) is 0 Å². The maximum Gasteiger partial charge on any atom is 0.0821 e. The summed E-state index contributed by atoms with van der Waals surface area (Å²) in [6.07, 6.45) is 4.06. The van der Waals surface area contributed by atoms with Crippen LogP contribution in [0.2, 0.25) is 0 Å². The highest BCUT2D eigenvalue weighted by Crippen LogP contribution is 2.20. The first-order valence-electron chi connectivity index (χ1n) is 6.03. The number of nitrogens with two attached hydrogens (primary N) is 1. The highest BCUT2D eigenvalue weighted by molar-refractivity contribution is 5.83. The number of benzene rings is 1. The molecule has 1 aromatic carbocycles. The zero-order valence-electron chi connectivity index (χ0n) is 10.4. The van der Waals surface area contributed by atoms with Gasteiger partial charge in [0.2, 0.25) is 0 Å². The summed E-state index contributed by atoms with van der Waals surface area (Å²) in [6, 6.07) is 10.4. The number of fused-ring (bicyclic) bond motifs is 1. The summed E-state index contributed by atoms with van der Waals surface area (Å²) in [5, 5.41) is 5.64. The fraction of sp³-hybridized carbons (Fsp3) is 0.214. The second-order valence-electron chi connectivity index (χ2n) is 4.48. The standard InChI is InChI=1S/C14H16N4/c1-17-7-6-13(16-17)10-18-8-5-11-3-2-4-12(9-15)14(11)18/h2-8H,9-10,15H2,1H3. The lowest BCUT2D eigenvalue weighted by molar-refractivity contribution is 0.715. The van der Waals surface area contributed by atoms with Crippen LogP contribution >= 0.6 is 0 Å². The zero-order valence-corrected chi connectivity index (χ0v) is 10.4. The molecule has 0 atom stereocenters. The SMILES string of the molecule is Cn1ccc(Cn2ccc3cccc(CN)c32)n1. The Bertz CT molecular complexity index is 678. The van der Waals surface area contributed by atoms with Crippen molar-refractivity contribution < 1.29 is 0 Å². The number of aryl methyl sites for hydroxylation is 1. The molecule has 0 amide bonds. The van der Waals surface area contributed by atoms with Gasteiger partial charge in [0.15, 0.2) is 0 Å². The second-order valence-corrected chi connectivity index (χ2v) is 4.48. The predicted octanol–water partition coefficient (Wildman–Crippen LogP) is 1.88. The second kappa shape index (κ2) is 4.31. The van der Waals surface area contributed by atoms with E-state index < -0.39 is 0 Å². The molecule has 0 aliphatic heterocycles. The molecule has 18 heavy (non-hydrogen) atoms. The summed E-state index contributed by atoms with van der Waals surface area (Å²) in [6.45, 7) is 1.34. The molecule has 2 N–H and O–H groups in total. The average molecular weight is 240 g/mol. The lowest BCUT2D eigenvalue weighted by Gasteiger charge is -2.07. The molecule has 0 spiro atoms. The van der Waals surface area contributed by atoms with Crippen LogP contribution in [-0.2, 0) is 20.1 Å². The maximum atomic E-state index is 5.81. The van der Waals surface area contributed by atoms with Crippen LogP contribution in [0.3, 0.4) is 0 Å². The number of aromatic nitrogens is 3. The minimum absolute atomic E-state index is 0.559. The van der Waals surface area contributed by atoms with Gasteiger partial charge in [-0.05, 0) is 23.1 Å². The van der Waals surface area contributed by atoms with E-state index in [1.165, 1.54) is 16.5 Å². The summed E-state index contributed by atoms with van der Waals surface area (Å²) in [7, 11) is 1.93. The van der Waals surface area contributed by atoms with Crippen LogP contribution in [-0.4, -0.2) is 14.3 Å². The summed E-state index contributed by atoms with van der Waals surface area (Å²) < 4.78 is 4.03. The van der Waals surface area contributed by atoms with Crippen LogP contribution in [0.5, 0.6) is 0 Å². The van der Waals surface area contributed by atoms with E-state index in [1.807, 2.05) is 24.0 Å². The van der Waals surface area contributed by atoms with Crippen LogP contribution in [0.25, 0.3) is 10.9 Å². The number of rotatable bonds is 3. The quantitative estimate of drug-likeness (QED) is 0.760. The molecule has 3 aromatic rings. The minimum Gasteiger partial charge on any atom is -0.341 e. The van der Waals surface area contributed by atoms with E-state index in [-0.39, 0.29) is 0 Å². The van der Waals surface area contributed by atoms with Gasteiger partial charge in [-0.3, -0.25) is 4.68 Å². The number of nitrogens with zero attached hydrogens (tertiary/aromatic N) is 3. The molecule has 0 bridgehead atoms.